The minimum atomic E-state index is -0.384. The molecule has 0 unspecified atom stereocenters. The first kappa shape index (κ1) is 18.2. The molecule has 1 atom stereocenters. The fraction of sp³-hybridized carbons (Fsp3) is 0.143. The van der Waals surface area contributed by atoms with Crippen LogP contribution in [-0.2, 0) is 4.79 Å². The summed E-state index contributed by atoms with van der Waals surface area (Å²) in [5.41, 5.74) is 2.55. The predicted molar refractivity (Wildman–Crippen MR) is 110 cm³/mol. The standard InChI is InChI=1S/C21H18N4O2S/c1-13-12-18(27-25-13)22-20(26)14(2)28-21-17-11-7-6-10-16(17)19(23-24-21)15-8-4-3-5-9-15/h3-12,14H,1-2H3,(H,22,26)/t14-/m1/s1. The first-order valence-corrected chi connectivity index (χ1v) is 9.71. The van der Waals surface area contributed by atoms with E-state index in [0.717, 1.165) is 22.0 Å². The quantitative estimate of drug-likeness (QED) is 0.497. The summed E-state index contributed by atoms with van der Waals surface area (Å²) in [7, 11) is 0. The van der Waals surface area contributed by atoms with Crippen molar-refractivity contribution >= 4 is 34.3 Å². The molecular formula is C21H18N4O2S. The number of fused-ring (bicyclic) bond motifs is 1. The van der Waals surface area contributed by atoms with Crippen LogP contribution >= 0.6 is 11.8 Å². The SMILES string of the molecule is Cc1cc(NC(=O)[C@@H](C)Sc2nnc(-c3ccccc3)c3ccccc23)on1. The van der Waals surface area contributed by atoms with Gasteiger partial charge in [-0.25, -0.2) is 0 Å². The Morgan fingerprint density at radius 3 is 2.46 bits per heavy atom. The zero-order valence-corrected chi connectivity index (χ0v) is 16.2. The van der Waals surface area contributed by atoms with Crippen molar-refractivity contribution < 1.29 is 9.32 Å². The Kier molecular flexibility index (Phi) is 5.08. The number of rotatable bonds is 5. The van der Waals surface area contributed by atoms with Crippen LogP contribution in [0.25, 0.3) is 22.0 Å². The highest BCUT2D eigenvalue weighted by Crippen LogP contribution is 2.33. The summed E-state index contributed by atoms with van der Waals surface area (Å²) in [5, 5.41) is 17.7. The highest BCUT2D eigenvalue weighted by atomic mass is 32.2. The van der Waals surface area contributed by atoms with E-state index in [-0.39, 0.29) is 11.2 Å². The van der Waals surface area contributed by atoms with Gasteiger partial charge in [0.25, 0.3) is 0 Å². The van der Waals surface area contributed by atoms with Gasteiger partial charge in [0.15, 0.2) is 0 Å². The van der Waals surface area contributed by atoms with Gasteiger partial charge < -0.3 is 4.52 Å². The lowest BCUT2D eigenvalue weighted by molar-refractivity contribution is -0.115. The van der Waals surface area contributed by atoms with Crippen molar-refractivity contribution in [2.24, 2.45) is 0 Å². The molecule has 1 N–H and O–H groups in total. The van der Waals surface area contributed by atoms with Crippen LogP contribution in [-0.4, -0.2) is 26.5 Å². The molecule has 0 radical (unpaired) electrons. The number of amides is 1. The lowest BCUT2D eigenvalue weighted by Gasteiger charge is -2.12. The van der Waals surface area contributed by atoms with E-state index in [0.29, 0.717) is 16.6 Å². The second-order valence-corrected chi connectivity index (χ2v) is 7.68. The van der Waals surface area contributed by atoms with Gasteiger partial charge in [0.2, 0.25) is 11.8 Å². The van der Waals surface area contributed by atoms with Gasteiger partial charge in [-0.2, -0.15) is 0 Å². The molecule has 0 aliphatic heterocycles. The molecule has 0 aliphatic rings. The number of aryl methyl sites for hydroxylation is 1. The van der Waals surface area contributed by atoms with E-state index in [1.165, 1.54) is 11.8 Å². The van der Waals surface area contributed by atoms with Crippen molar-refractivity contribution in [2.75, 3.05) is 5.32 Å². The lowest BCUT2D eigenvalue weighted by atomic mass is 10.1. The number of carbonyl (C=O) groups is 1. The summed E-state index contributed by atoms with van der Waals surface area (Å²) in [4.78, 5) is 12.5. The number of benzene rings is 2. The Hall–Kier alpha value is -3.19. The van der Waals surface area contributed by atoms with Crippen LogP contribution < -0.4 is 5.32 Å². The number of thioether (sulfide) groups is 1. The summed E-state index contributed by atoms with van der Waals surface area (Å²) in [6, 6.07) is 19.6. The molecule has 0 saturated heterocycles. The van der Waals surface area contributed by atoms with Gasteiger partial charge in [-0.3, -0.25) is 10.1 Å². The highest BCUT2D eigenvalue weighted by Gasteiger charge is 2.19. The van der Waals surface area contributed by atoms with E-state index >= 15 is 0 Å². The fourth-order valence-corrected chi connectivity index (χ4v) is 3.74. The number of nitrogens with one attached hydrogen (secondary N) is 1. The lowest BCUT2D eigenvalue weighted by Crippen LogP contribution is -2.22. The fourth-order valence-electron chi connectivity index (χ4n) is 2.84. The molecule has 4 rings (SSSR count). The van der Waals surface area contributed by atoms with E-state index in [9.17, 15) is 4.79 Å². The summed E-state index contributed by atoms with van der Waals surface area (Å²) in [5.74, 6) is 0.157. The van der Waals surface area contributed by atoms with E-state index < -0.39 is 0 Å². The maximum atomic E-state index is 12.5. The molecule has 4 aromatic rings. The summed E-state index contributed by atoms with van der Waals surface area (Å²) in [6.07, 6.45) is 0. The molecule has 0 fully saturated rings. The third-order valence-corrected chi connectivity index (χ3v) is 5.33. The molecule has 140 valence electrons. The van der Waals surface area contributed by atoms with Gasteiger partial charge in [-0.15, -0.1) is 10.2 Å². The molecule has 1 amide bonds. The van der Waals surface area contributed by atoms with Gasteiger partial charge >= 0.3 is 0 Å². The van der Waals surface area contributed by atoms with Gasteiger partial charge in [-0.1, -0.05) is 71.5 Å². The molecule has 0 bridgehead atoms. The average Bonchev–Trinajstić information content (AvgIpc) is 3.13. The van der Waals surface area contributed by atoms with Crippen LogP contribution in [0.15, 0.2) is 70.2 Å². The largest absolute Gasteiger partial charge is 0.338 e. The summed E-state index contributed by atoms with van der Waals surface area (Å²) < 4.78 is 5.05. The number of hydrogen-bond donors (Lipinski definition) is 1. The predicted octanol–water partition coefficient (Wildman–Crippen LogP) is 4.71. The molecule has 0 saturated carbocycles. The number of aromatic nitrogens is 3. The Labute approximate surface area is 166 Å². The molecular weight excluding hydrogens is 372 g/mol. The monoisotopic (exact) mass is 390 g/mol. The molecule has 2 aromatic heterocycles. The summed E-state index contributed by atoms with van der Waals surface area (Å²) >= 11 is 1.36. The second-order valence-electron chi connectivity index (χ2n) is 6.35. The minimum absolute atomic E-state index is 0.181. The first-order valence-electron chi connectivity index (χ1n) is 8.83. The Balaban J connectivity index is 1.61. The van der Waals surface area contributed by atoms with E-state index in [1.807, 2.05) is 61.5 Å². The number of hydrogen-bond acceptors (Lipinski definition) is 6. The van der Waals surface area contributed by atoms with Gasteiger partial charge in [0.1, 0.15) is 10.7 Å². The summed E-state index contributed by atoms with van der Waals surface area (Å²) in [6.45, 7) is 3.62. The van der Waals surface area contributed by atoms with Crippen molar-refractivity contribution in [3.05, 3.63) is 66.4 Å². The average molecular weight is 390 g/mol. The number of carbonyl (C=O) groups excluding carboxylic acids is 1. The van der Waals surface area contributed by atoms with Crippen molar-refractivity contribution in [3.8, 4) is 11.3 Å². The first-order chi connectivity index (χ1) is 13.6. The number of anilines is 1. The highest BCUT2D eigenvalue weighted by molar-refractivity contribution is 8.00. The van der Waals surface area contributed by atoms with Gasteiger partial charge in [0.05, 0.1) is 10.9 Å². The van der Waals surface area contributed by atoms with Crippen LogP contribution in [0.4, 0.5) is 5.88 Å². The van der Waals surface area contributed by atoms with E-state index in [2.05, 4.69) is 20.7 Å². The zero-order valence-electron chi connectivity index (χ0n) is 15.4. The van der Waals surface area contributed by atoms with Crippen LogP contribution in [0.5, 0.6) is 0 Å². The Bertz CT molecular complexity index is 1130. The molecule has 0 aliphatic carbocycles. The van der Waals surface area contributed by atoms with Gasteiger partial charge in [-0.05, 0) is 13.8 Å². The van der Waals surface area contributed by atoms with Crippen LogP contribution in [0.2, 0.25) is 0 Å². The Morgan fingerprint density at radius 2 is 1.75 bits per heavy atom. The maximum absolute atomic E-state index is 12.5. The van der Waals surface area contributed by atoms with Crippen LogP contribution in [0.1, 0.15) is 12.6 Å². The van der Waals surface area contributed by atoms with Crippen LogP contribution in [0, 0.1) is 6.92 Å². The third kappa shape index (κ3) is 3.75. The van der Waals surface area contributed by atoms with Crippen molar-refractivity contribution in [3.63, 3.8) is 0 Å². The molecule has 2 aromatic carbocycles. The van der Waals surface area contributed by atoms with Crippen molar-refractivity contribution in [2.45, 2.75) is 24.1 Å². The van der Waals surface area contributed by atoms with Crippen molar-refractivity contribution in [1.82, 2.24) is 15.4 Å². The third-order valence-electron chi connectivity index (χ3n) is 4.23. The minimum Gasteiger partial charge on any atom is -0.338 e. The molecule has 2 heterocycles. The topological polar surface area (TPSA) is 80.9 Å². The number of nitrogens with zero attached hydrogens (tertiary/aromatic N) is 3. The van der Waals surface area contributed by atoms with Crippen LogP contribution in [0.3, 0.4) is 0 Å². The second kappa shape index (κ2) is 7.82. The van der Waals surface area contributed by atoms with Crippen molar-refractivity contribution in [1.29, 1.82) is 0 Å². The normalized spacial score (nSPS) is 12.1. The Morgan fingerprint density at radius 1 is 1.04 bits per heavy atom. The smallest absolute Gasteiger partial charge is 0.240 e. The molecule has 0 spiro atoms. The zero-order chi connectivity index (χ0) is 19.5. The maximum Gasteiger partial charge on any atom is 0.240 e. The molecule has 6 nitrogen and oxygen atoms in total. The van der Waals surface area contributed by atoms with E-state index in [4.69, 9.17) is 4.52 Å². The van der Waals surface area contributed by atoms with Gasteiger partial charge in [0, 0.05) is 22.4 Å². The van der Waals surface area contributed by atoms with E-state index in [1.54, 1.807) is 13.0 Å². The molecule has 7 heteroatoms. The molecule has 28 heavy (non-hydrogen) atoms.